The quantitative estimate of drug-likeness (QED) is 0.591. The van der Waals surface area contributed by atoms with Crippen molar-refractivity contribution in [3.05, 3.63) is 24.8 Å². The smallest absolute Gasteiger partial charge is 0.135 e. The van der Waals surface area contributed by atoms with Gasteiger partial charge in [-0.3, -0.25) is 0 Å². The zero-order chi connectivity index (χ0) is 9.90. The summed E-state index contributed by atoms with van der Waals surface area (Å²) in [4.78, 5) is 0. The first-order chi connectivity index (χ1) is 7.00. The van der Waals surface area contributed by atoms with E-state index in [0.717, 1.165) is 0 Å². The Morgan fingerprint density at radius 2 is 1.00 bits per heavy atom. The fraction of sp³-hybridized carbons (Fsp3) is 0.600. The van der Waals surface area contributed by atoms with Crippen molar-refractivity contribution >= 4 is 0 Å². The monoisotopic (exact) mass is 192 g/mol. The van der Waals surface area contributed by atoms with Crippen molar-refractivity contribution in [3.8, 4) is 0 Å². The summed E-state index contributed by atoms with van der Waals surface area (Å²) in [5.74, 6) is 0. The van der Waals surface area contributed by atoms with Crippen LogP contribution in [-0.2, 0) is 0 Å². The Kier molecular flexibility index (Phi) is 6.37. The van der Waals surface area contributed by atoms with Crippen molar-refractivity contribution in [2.45, 2.75) is 38.5 Å². The number of allylic oxidation sites excluding steroid dienone is 2. The van der Waals surface area contributed by atoms with Crippen LogP contribution in [-0.4, -0.2) is 20.4 Å². The molecule has 0 saturated carbocycles. The minimum atomic E-state index is 1.28. The fourth-order valence-electron chi connectivity index (χ4n) is 1.28. The molecule has 0 atom stereocenters. The van der Waals surface area contributed by atoms with Gasteiger partial charge in [-0.25, -0.2) is 0 Å². The van der Waals surface area contributed by atoms with Crippen LogP contribution in [0.4, 0.5) is 0 Å². The molecule has 0 saturated heterocycles. The van der Waals surface area contributed by atoms with Crippen LogP contribution < -0.4 is 0 Å². The molecule has 0 unspecified atom stereocenters. The molecular weight excluding hydrogens is 176 g/mol. The predicted molar refractivity (Wildman–Crippen MR) is 54.5 cm³/mol. The average molecular weight is 192 g/mol. The van der Waals surface area contributed by atoms with Crippen molar-refractivity contribution in [2.75, 3.05) is 0 Å². The summed E-state index contributed by atoms with van der Waals surface area (Å²) in [5.41, 5.74) is 0. The van der Waals surface area contributed by atoms with Crippen molar-refractivity contribution in [1.82, 2.24) is 20.4 Å². The molecule has 76 valence electrons. The molecule has 1 aliphatic carbocycles. The van der Waals surface area contributed by atoms with Gasteiger partial charge >= 0.3 is 0 Å². The van der Waals surface area contributed by atoms with Gasteiger partial charge in [0.05, 0.1) is 0 Å². The topological polar surface area (TPSA) is 51.6 Å². The minimum absolute atomic E-state index is 1.28. The van der Waals surface area contributed by atoms with E-state index in [1.165, 1.54) is 51.2 Å². The van der Waals surface area contributed by atoms with E-state index in [2.05, 4.69) is 32.5 Å². The second-order valence-electron chi connectivity index (χ2n) is 3.16. The molecule has 0 N–H and O–H groups in total. The van der Waals surface area contributed by atoms with Gasteiger partial charge in [0.25, 0.3) is 0 Å². The van der Waals surface area contributed by atoms with Gasteiger partial charge in [0.1, 0.15) is 0 Å². The highest BCUT2D eigenvalue weighted by atomic mass is 15.2. The summed E-state index contributed by atoms with van der Waals surface area (Å²) >= 11 is 0. The van der Waals surface area contributed by atoms with Gasteiger partial charge < -0.3 is 0 Å². The molecule has 0 spiro atoms. The van der Waals surface area contributed by atoms with E-state index in [1.54, 1.807) is 0 Å². The largest absolute Gasteiger partial charge is 0.160 e. The molecular formula is C10H16N4. The van der Waals surface area contributed by atoms with Gasteiger partial charge in [0.15, 0.2) is 12.7 Å². The number of hydrogen-bond donors (Lipinski definition) is 0. The van der Waals surface area contributed by atoms with E-state index in [1.807, 2.05) is 0 Å². The number of rotatable bonds is 0. The Morgan fingerprint density at radius 3 is 1.36 bits per heavy atom. The third-order valence-electron chi connectivity index (χ3n) is 2.00. The summed E-state index contributed by atoms with van der Waals surface area (Å²) in [6.45, 7) is 0. The number of hydrogen-bond acceptors (Lipinski definition) is 4. The molecule has 0 bridgehead atoms. The summed E-state index contributed by atoms with van der Waals surface area (Å²) in [7, 11) is 0. The summed E-state index contributed by atoms with van der Waals surface area (Å²) in [5, 5.41) is 13.4. The highest BCUT2D eigenvalue weighted by Gasteiger charge is 1.89. The highest BCUT2D eigenvalue weighted by molar-refractivity contribution is 4.82. The molecule has 1 aromatic heterocycles. The molecule has 1 aromatic rings. The van der Waals surface area contributed by atoms with Crippen molar-refractivity contribution < 1.29 is 0 Å². The fourth-order valence-corrected chi connectivity index (χ4v) is 1.28. The Balaban J connectivity index is 0.000000146. The first kappa shape index (κ1) is 10.8. The van der Waals surface area contributed by atoms with Crippen LogP contribution in [0.3, 0.4) is 0 Å². The molecule has 2 rings (SSSR count). The molecule has 0 amide bonds. The SMILES string of the molecule is C1=CCCCCCC1.c1nncnn1. The summed E-state index contributed by atoms with van der Waals surface area (Å²) in [6, 6.07) is 0. The molecule has 0 radical (unpaired) electrons. The predicted octanol–water partition coefficient (Wildman–Crippen LogP) is 2.16. The number of aromatic nitrogens is 4. The van der Waals surface area contributed by atoms with Crippen LogP contribution in [0, 0.1) is 0 Å². The van der Waals surface area contributed by atoms with E-state index < -0.39 is 0 Å². The standard InChI is InChI=1S/C8H14.C2H2N4/c1-2-4-6-8-7-5-3-1;1-3-5-2-6-4-1/h1-2H,3-8H2;1-2H. The summed E-state index contributed by atoms with van der Waals surface area (Å²) in [6.07, 6.45) is 15.6. The van der Waals surface area contributed by atoms with E-state index >= 15 is 0 Å². The first-order valence-corrected chi connectivity index (χ1v) is 5.08. The van der Waals surface area contributed by atoms with Gasteiger partial charge in [-0.05, 0) is 25.7 Å². The van der Waals surface area contributed by atoms with E-state index in [0.29, 0.717) is 0 Å². The van der Waals surface area contributed by atoms with Gasteiger partial charge in [-0.1, -0.05) is 25.0 Å². The molecule has 14 heavy (non-hydrogen) atoms. The molecule has 0 aromatic carbocycles. The lowest BCUT2D eigenvalue weighted by Crippen LogP contribution is -1.81. The van der Waals surface area contributed by atoms with E-state index in [-0.39, 0.29) is 0 Å². The lowest BCUT2D eigenvalue weighted by atomic mass is 10.1. The van der Waals surface area contributed by atoms with Crippen molar-refractivity contribution in [2.24, 2.45) is 0 Å². The number of nitrogens with zero attached hydrogens (tertiary/aromatic N) is 4. The Morgan fingerprint density at radius 1 is 0.571 bits per heavy atom. The van der Waals surface area contributed by atoms with Crippen molar-refractivity contribution in [3.63, 3.8) is 0 Å². The van der Waals surface area contributed by atoms with Gasteiger partial charge in [0, 0.05) is 0 Å². The molecule has 1 heterocycles. The van der Waals surface area contributed by atoms with Crippen LogP contribution in [0.25, 0.3) is 0 Å². The second kappa shape index (κ2) is 8.29. The van der Waals surface area contributed by atoms with Gasteiger partial charge in [-0.15, -0.1) is 20.4 Å². The zero-order valence-electron chi connectivity index (χ0n) is 8.34. The third kappa shape index (κ3) is 6.22. The third-order valence-corrected chi connectivity index (χ3v) is 2.00. The summed E-state index contributed by atoms with van der Waals surface area (Å²) < 4.78 is 0. The van der Waals surface area contributed by atoms with Crippen LogP contribution in [0.5, 0.6) is 0 Å². The Bertz CT molecular complexity index is 198. The molecule has 0 fully saturated rings. The van der Waals surface area contributed by atoms with Crippen LogP contribution in [0.15, 0.2) is 24.8 Å². The van der Waals surface area contributed by atoms with Crippen molar-refractivity contribution in [1.29, 1.82) is 0 Å². The maximum absolute atomic E-state index is 3.36. The van der Waals surface area contributed by atoms with Gasteiger partial charge in [0.2, 0.25) is 0 Å². The zero-order valence-corrected chi connectivity index (χ0v) is 8.34. The normalized spacial score (nSPS) is 16.0. The first-order valence-electron chi connectivity index (χ1n) is 5.08. The molecule has 4 heteroatoms. The second-order valence-corrected chi connectivity index (χ2v) is 3.16. The molecule has 1 aliphatic rings. The molecule has 0 aliphatic heterocycles. The van der Waals surface area contributed by atoms with Crippen LogP contribution >= 0.6 is 0 Å². The average Bonchev–Trinajstić information content (AvgIpc) is 2.20. The maximum Gasteiger partial charge on any atom is 0.160 e. The Hall–Kier alpha value is -1.32. The lowest BCUT2D eigenvalue weighted by molar-refractivity contribution is 0.638. The minimum Gasteiger partial charge on any atom is -0.135 e. The maximum atomic E-state index is 3.36. The Labute approximate surface area is 84.5 Å². The highest BCUT2D eigenvalue weighted by Crippen LogP contribution is 2.09. The molecule has 4 nitrogen and oxygen atoms in total. The van der Waals surface area contributed by atoms with Crippen LogP contribution in [0.1, 0.15) is 38.5 Å². The van der Waals surface area contributed by atoms with Crippen LogP contribution in [0.2, 0.25) is 0 Å². The van der Waals surface area contributed by atoms with E-state index in [4.69, 9.17) is 0 Å². The van der Waals surface area contributed by atoms with Gasteiger partial charge in [-0.2, -0.15) is 0 Å². The van der Waals surface area contributed by atoms with E-state index in [9.17, 15) is 0 Å². The lowest BCUT2D eigenvalue weighted by Gasteiger charge is -2.00.